The number of hydrogen-bond donors (Lipinski definition) is 0. The molecule has 0 radical (unpaired) electrons. The Morgan fingerprint density at radius 2 is 1.61 bits per heavy atom. The molecular formula is C30H37NO2. The van der Waals surface area contributed by atoms with Crippen molar-refractivity contribution in [2.24, 2.45) is 0 Å². The molecule has 0 N–H and O–H groups in total. The van der Waals surface area contributed by atoms with Crippen molar-refractivity contribution in [2.75, 3.05) is 18.6 Å². The molecule has 0 saturated carbocycles. The van der Waals surface area contributed by atoms with Crippen molar-refractivity contribution in [3.63, 3.8) is 0 Å². The molecule has 5 bridgehead atoms. The molecule has 2 heterocycles. The van der Waals surface area contributed by atoms with Gasteiger partial charge in [-0.25, -0.2) is 0 Å². The first kappa shape index (κ1) is 22.3. The molecule has 0 amide bonds. The van der Waals surface area contributed by atoms with E-state index in [0.717, 1.165) is 31.9 Å². The Balaban J connectivity index is 1.60. The third kappa shape index (κ3) is 4.36. The van der Waals surface area contributed by atoms with Crippen LogP contribution in [0.15, 0.2) is 36.4 Å². The fraction of sp³-hybridized carbons (Fsp3) is 0.467. The highest BCUT2D eigenvalue weighted by molar-refractivity contribution is 5.95. The Bertz CT molecular complexity index is 1150. The fourth-order valence-corrected chi connectivity index (χ4v) is 5.89. The summed E-state index contributed by atoms with van der Waals surface area (Å²) in [5, 5.41) is 2.57. The van der Waals surface area contributed by atoms with Crippen LogP contribution in [0.1, 0.15) is 71.9 Å². The zero-order valence-corrected chi connectivity index (χ0v) is 20.5. The molecule has 33 heavy (non-hydrogen) atoms. The molecule has 2 aliphatic rings. The van der Waals surface area contributed by atoms with Crippen LogP contribution in [0.3, 0.4) is 0 Å². The van der Waals surface area contributed by atoms with Crippen LogP contribution >= 0.6 is 0 Å². The van der Waals surface area contributed by atoms with E-state index in [2.05, 4.69) is 55.1 Å². The van der Waals surface area contributed by atoms with Gasteiger partial charge in [0.2, 0.25) is 0 Å². The molecule has 0 aromatic heterocycles. The van der Waals surface area contributed by atoms with Crippen molar-refractivity contribution in [1.82, 2.24) is 0 Å². The molecular weight excluding hydrogens is 406 g/mol. The van der Waals surface area contributed by atoms with Gasteiger partial charge in [0.25, 0.3) is 0 Å². The molecule has 2 aliphatic heterocycles. The van der Waals surface area contributed by atoms with Crippen LogP contribution in [-0.2, 0) is 30.9 Å². The van der Waals surface area contributed by atoms with Gasteiger partial charge < -0.3 is 14.4 Å². The molecule has 0 unspecified atom stereocenters. The van der Waals surface area contributed by atoms with E-state index in [1.807, 2.05) is 7.11 Å². The van der Waals surface area contributed by atoms with E-state index in [0.29, 0.717) is 6.61 Å². The number of hydrogen-bond acceptors (Lipinski definition) is 3. The first-order chi connectivity index (χ1) is 16.2. The lowest BCUT2D eigenvalue weighted by Gasteiger charge is -2.21. The molecule has 3 heteroatoms. The second-order valence-electron chi connectivity index (χ2n) is 9.83. The van der Waals surface area contributed by atoms with Crippen molar-refractivity contribution < 1.29 is 9.47 Å². The number of fused-ring (bicyclic) bond motifs is 4. The predicted octanol–water partition coefficient (Wildman–Crippen LogP) is 7.40. The van der Waals surface area contributed by atoms with Gasteiger partial charge in [0.05, 0.1) is 13.2 Å². The number of rotatable bonds is 2. The SMILES string of the molecule is COCc1c(C)c2c3c(C)c1CCCCCCCCOc1ccc4cccc(c4c1)N(C3)C2. The van der Waals surface area contributed by atoms with Gasteiger partial charge in [-0.2, -0.15) is 0 Å². The van der Waals surface area contributed by atoms with Crippen LogP contribution in [-0.4, -0.2) is 13.7 Å². The normalized spacial score (nSPS) is 16.8. The molecule has 0 fully saturated rings. The van der Waals surface area contributed by atoms with Gasteiger partial charge in [0, 0.05) is 31.3 Å². The highest BCUT2D eigenvalue weighted by Crippen LogP contribution is 2.40. The van der Waals surface area contributed by atoms with Crippen LogP contribution in [0, 0.1) is 13.8 Å². The summed E-state index contributed by atoms with van der Waals surface area (Å²) in [6, 6.07) is 13.3. The van der Waals surface area contributed by atoms with Crippen molar-refractivity contribution in [2.45, 2.75) is 78.5 Å². The van der Waals surface area contributed by atoms with E-state index in [4.69, 9.17) is 9.47 Å². The Labute approximate surface area is 198 Å². The topological polar surface area (TPSA) is 21.7 Å². The summed E-state index contributed by atoms with van der Waals surface area (Å²) in [5.41, 5.74) is 10.3. The van der Waals surface area contributed by atoms with Crippen molar-refractivity contribution in [3.05, 3.63) is 69.8 Å². The van der Waals surface area contributed by atoms with E-state index in [9.17, 15) is 0 Å². The third-order valence-electron chi connectivity index (χ3n) is 7.79. The molecule has 0 spiro atoms. The minimum atomic E-state index is 0.713. The van der Waals surface area contributed by atoms with E-state index < -0.39 is 0 Å². The lowest BCUT2D eigenvalue weighted by Crippen LogP contribution is -2.15. The van der Waals surface area contributed by atoms with Crippen LogP contribution in [0.25, 0.3) is 10.8 Å². The van der Waals surface area contributed by atoms with Gasteiger partial charge in [-0.05, 0) is 90.1 Å². The van der Waals surface area contributed by atoms with E-state index >= 15 is 0 Å². The molecule has 5 rings (SSSR count). The minimum Gasteiger partial charge on any atom is -0.494 e. The molecule has 0 saturated heterocycles. The second-order valence-corrected chi connectivity index (χ2v) is 9.83. The van der Waals surface area contributed by atoms with Gasteiger partial charge >= 0.3 is 0 Å². The van der Waals surface area contributed by atoms with E-state index in [1.54, 1.807) is 5.56 Å². The van der Waals surface area contributed by atoms with Crippen LogP contribution < -0.4 is 9.64 Å². The van der Waals surface area contributed by atoms with Crippen molar-refractivity contribution in [3.8, 4) is 5.75 Å². The van der Waals surface area contributed by atoms with E-state index in [-0.39, 0.29) is 0 Å². The monoisotopic (exact) mass is 443 g/mol. The summed E-state index contributed by atoms with van der Waals surface area (Å²) in [4.78, 5) is 2.56. The molecule has 3 aromatic carbocycles. The highest BCUT2D eigenvalue weighted by Gasteiger charge is 2.28. The summed E-state index contributed by atoms with van der Waals surface area (Å²) >= 11 is 0. The number of nitrogens with zero attached hydrogens (tertiary/aromatic N) is 1. The van der Waals surface area contributed by atoms with Crippen molar-refractivity contribution >= 4 is 16.5 Å². The maximum Gasteiger partial charge on any atom is 0.120 e. The van der Waals surface area contributed by atoms with Gasteiger partial charge in [-0.3, -0.25) is 0 Å². The van der Waals surface area contributed by atoms with Gasteiger partial charge in [-0.15, -0.1) is 0 Å². The third-order valence-corrected chi connectivity index (χ3v) is 7.79. The average Bonchev–Trinajstić information content (AvgIpc) is 3.28. The molecule has 3 nitrogen and oxygen atoms in total. The standard InChI is InChI=1S/C30H37NO2/c1-21-25-12-8-6-4-5-7-9-16-33-24-15-14-23-11-10-13-30(26(23)17-24)31-18-27(21)28(19-31)22(2)29(25)20-32-3/h10-11,13-15,17H,4-9,12,16,18-20H2,1-3H3. The first-order valence-corrected chi connectivity index (χ1v) is 12.7. The maximum absolute atomic E-state index is 6.16. The predicted molar refractivity (Wildman–Crippen MR) is 137 cm³/mol. The average molecular weight is 444 g/mol. The zero-order valence-electron chi connectivity index (χ0n) is 20.5. The lowest BCUT2D eigenvalue weighted by atomic mass is 9.87. The Morgan fingerprint density at radius 1 is 0.848 bits per heavy atom. The van der Waals surface area contributed by atoms with Crippen LogP contribution in [0.4, 0.5) is 5.69 Å². The summed E-state index contributed by atoms with van der Waals surface area (Å²) in [6.45, 7) is 8.13. The number of ether oxygens (including phenoxy) is 2. The molecule has 3 aromatic rings. The minimum absolute atomic E-state index is 0.713. The maximum atomic E-state index is 6.16. The number of anilines is 1. The molecule has 174 valence electrons. The summed E-state index contributed by atoms with van der Waals surface area (Å²) in [7, 11) is 1.83. The number of benzene rings is 3. The summed E-state index contributed by atoms with van der Waals surface area (Å²) < 4.78 is 11.8. The first-order valence-electron chi connectivity index (χ1n) is 12.7. The Morgan fingerprint density at radius 3 is 2.42 bits per heavy atom. The summed E-state index contributed by atoms with van der Waals surface area (Å²) in [6.07, 6.45) is 8.73. The highest BCUT2D eigenvalue weighted by atomic mass is 16.5. The molecule has 0 aliphatic carbocycles. The second kappa shape index (κ2) is 9.77. The summed E-state index contributed by atoms with van der Waals surface area (Å²) in [5.74, 6) is 0.991. The largest absolute Gasteiger partial charge is 0.494 e. The lowest BCUT2D eigenvalue weighted by molar-refractivity contribution is 0.183. The fourth-order valence-electron chi connectivity index (χ4n) is 5.89. The Kier molecular flexibility index (Phi) is 6.59. The van der Waals surface area contributed by atoms with Gasteiger partial charge in [-0.1, -0.05) is 43.9 Å². The number of methoxy groups -OCH3 is 1. The van der Waals surface area contributed by atoms with Gasteiger partial charge in [0.15, 0.2) is 0 Å². The smallest absolute Gasteiger partial charge is 0.120 e. The van der Waals surface area contributed by atoms with E-state index in [1.165, 1.54) is 82.8 Å². The zero-order chi connectivity index (χ0) is 22.8. The van der Waals surface area contributed by atoms with Crippen LogP contribution in [0.5, 0.6) is 5.75 Å². The molecule has 0 atom stereocenters. The van der Waals surface area contributed by atoms with Crippen LogP contribution in [0.2, 0.25) is 0 Å². The van der Waals surface area contributed by atoms with Crippen molar-refractivity contribution in [1.29, 1.82) is 0 Å². The quantitative estimate of drug-likeness (QED) is 0.412. The van der Waals surface area contributed by atoms with Gasteiger partial charge in [0.1, 0.15) is 5.75 Å². The Hall–Kier alpha value is -2.52.